The van der Waals surface area contributed by atoms with Gasteiger partial charge in [-0.25, -0.2) is 0 Å². The van der Waals surface area contributed by atoms with Gasteiger partial charge in [0.25, 0.3) is 0 Å². The summed E-state index contributed by atoms with van der Waals surface area (Å²) in [7, 11) is 0. The fraction of sp³-hybridized carbons (Fsp3) is 1.00. The fourth-order valence-electron chi connectivity index (χ4n) is 0.0945. The normalized spacial score (nSPS) is 30.0. The third-order valence-corrected chi connectivity index (χ3v) is 4.21. The van der Waals surface area contributed by atoms with Gasteiger partial charge >= 0.3 is 34.1 Å². The molecule has 1 saturated heterocycles. The molecule has 1 heterocycles. The molecule has 3 heteroatoms. The first-order chi connectivity index (χ1) is 2.21. The van der Waals surface area contributed by atoms with Crippen molar-refractivity contribution in [3.05, 3.63) is 0 Å². The van der Waals surface area contributed by atoms with Crippen LogP contribution in [0.3, 0.4) is 0 Å². The Morgan fingerprint density at radius 1 is 1.20 bits per heavy atom. The van der Waals surface area contributed by atoms with Crippen molar-refractivity contribution in [2.24, 2.45) is 0 Å². The van der Waals surface area contributed by atoms with Gasteiger partial charge in [0.2, 0.25) is 0 Å². The van der Waals surface area contributed by atoms with Gasteiger partial charge in [0.1, 0.15) is 0 Å². The van der Waals surface area contributed by atoms with Crippen LogP contribution in [0.15, 0.2) is 0 Å². The van der Waals surface area contributed by atoms with Crippen molar-refractivity contribution in [1.29, 1.82) is 0 Å². The second-order valence-corrected chi connectivity index (χ2v) is 9.10. The van der Waals surface area contributed by atoms with E-state index in [1.54, 1.807) is 0 Å². The quantitative estimate of drug-likeness (QED) is 0.500. The van der Waals surface area contributed by atoms with E-state index in [1.165, 1.54) is 0 Å². The summed E-state index contributed by atoms with van der Waals surface area (Å²) in [5.41, 5.74) is 0. The predicted octanol–water partition coefficient (Wildman–Crippen LogP) is 1.38. The molecule has 0 nitrogen and oxygen atoms in total. The van der Waals surface area contributed by atoms with Crippen LogP contribution in [0.1, 0.15) is 0 Å². The van der Waals surface area contributed by atoms with Crippen molar-refractivity contribution in [2.75, 3.05) is 0 Å². The molecule has 0 aromatic rings. The molecule has 1 aliphatic rings. The Balaban J connectivity index is 2.38. The first-order valence-corrected chi connectivity index (χ1v) is 7.78. The van der Waals surface area contributed by atoms with E-state index in [4.69, 9.17) is 0 Å². The summed E-state index contributed by atoms with van der Waals surface area (Å²) < 4.78 is 23.3. The first-order valence-electron chi connectivity index (χ1n) is 1.59. The molecular weight excluding hydrogens is 181 g/mol. The minimum atomic E-state index is -3.93. The average molecular weight is 185 g/mol. The van der Waals surface area contributed by atoms with Gasteiger partial charge in [0.15, 0.2) is 0 Å². The molecule has 0 atom stereocenters. The van der Waals surface area contributed by atoms with Gasteiger partial charge in [-0.3, -0.25) is 0 Å². The number of halogens is 2. The molecule has 1 fully saturated rings. The fourth-order valence-corrected chi connectivity index (χ4v) is 4.25. The van der Waals surface area contributed by atoms with E-state index in [0.29, 0.717) is 8.87 Å². The van der Waals surface area contributed by atoms with Crippen LogP contribution in [0, 0.1) is 0 Å². The molecule has 0 aliphatic carbocycles. The molecule has 1 rings (SSSR count). The molecule has 0 bridgehead atoms. The van der Waals surface area contributed by atoms with Crippen molar-refractivity contribution in [3.63, 3.8) is 0 Å². The van der Waals surface area contributed by atoms with E-state index in [0.717, 1.165) is 0 Å². The van der Waals surface area contributed by atoms with Crippen LogP contribution in [-0.2, 0) is 0 Å². The van der Waals surface area contributed by atoms with Crippen LogP contribution in [0.25, 0.3) is 0 Å². The maximum absolute atomic E-state index is 11.3. The molecule has 30 valence electrons. The number of hydrogen-bond donors (Lipinski definition) is 0. The zero-order valence-electron chi connectivity index (χ0n) is 2.67. The summed E-state index contributed by atoms with van der Waals surface area (Å²) in [6.07, 6.45) is 0. The summed E-state index contributed by atoms with van der Waals surface area (Å²) in [6, 6.07) is 0. The van der Waals surface area contributed by atoms with Crippen LogP contribution < -0.4 is 0 Å². The van der Waals surface area contributed by atoms with Crippen LogP contribution in [0.4, 0.5) is 5.73 Å². The van der Waals surface area contributed by atoms with Crippen LogP contribution in [-0.4, -0.2) is 19.5 Å². The maximum atomic E-state index is 11.3. The SMILES string of the molecule is [F][Sn]1([F])[CH2][CH2]1. The van der Waals surface area contributed by atoms with E-state index < -0.39 is 19.5 Å². The van der Waals surface area contributed by atoms with Crippen molar-refractivity contribution in [3.8, 4) is 0 Å². The molecule has 0 amide bonds. The van der Waals surface area contributed by atoms with Gasteiger partial charge < -0.3 is 0 Å². The summed E-state index contributed by atoms with van der Waals surface area (Å²) in [5.74, 6) is 0. The van der Waals surface area contributed by atoms with Gasteiger partial charge in [-0.05, 0) is 0 Å². The molecular formula is C2H4F2Sn. The monoisotopic (exact) mass is 186 g/mol. The Hall–Kier alpha value is 0.659. The van der Waals surface area contributed by atoms with E-state index in [2.05, 4.69) is 0 Å². The standard InChI is InChI=1S/C2H4.2FH.Sn/c1-2;;;/h1-2H2;2*1H;/q;;;+2/p-2. The first kappa shape index (κ1) is 3.84. The second-order valence-electron chi connectivity index (χ2n) is 1.36. The molecule has 0 radical (unpaired) electrons. The van der Waals surface area contributed by atoms with Crippen molar-refractivity contribution < 1.29 is 5.73 Å². The second kappa shape index (κ2) is 0.832. The van der Waals surface area contributed by atoms with Crippen molar-refractivity contribution >= 4 is 19.5 Å². The Kier molecular flexibility index (Phi) is 0.638. The summed E-state index contributed by atoms with van der Waals surface area (Å²) in [5, 5.41) is 0. The molecule has 0 N–H and O–H groups in total. The summed E-state index contributed by atoms with van der Waals surface area (Å²) in [4.78, 5) is 0. The molecule has 5 heavy (non-hydrogen) atoms. The molecule has 1 aliphatic heterocycles. The van der Waals surface area contributed by atoms with Gasteiger partial charge in [-0.2, -0.15) is 0 Å². The Morgan fingerprint density at radius 3 is 1.40 bits per heavy atom. The molecule has 0 aromatic heterocycles. The summed E-state index contributed by atoms with van der Waals surface area (Å²) >= 11 is -3.93. The van der Waals surface area contributed by atoms with Gasteiger partial charge in [-0.15, -0.1) is 0 Å². The van der Waals surface area contributed by atoms with Crippen LogP contribution in [0.5, 0.6) is 0 Å². The summed E-state index contributed by atoms with van der Waals surface area (Å²) in [6.45, 7) is 0. The molecule has 0 spiro atoms. The van der Waals surface area contributed by atoms with E-state index >= 15 is 0 Å². The minimum absolute atomic E-state index is 0.328. The third-order valence-electron chi connectivity index (χ3n) is 0.628. The van der Waals surface area contributed by atoms with Crippen LogP contribution >= 0.6 is 0 Å². The Morgan fingerprint density at radius 2 is 1.40 bits per heavy atom. The van der Waals surface area contributed by atoms with E-state index in [9.17, 15) is 5.73 Å². The predicted molar refractivity (Wildman–Crippen MR) is 17.6 cm³/mol. The third kappa shape index (κ3) is 1.03. The molecule has 0 saturated carbocycles. The average Bonchev–Trinajstić information content (AvgIpc) is 1.76. The van der Waals surface area contributed by atoms with E-state index in [-0.39, 0.29) is 0 Å². The van der Waals surface area contributed by atoms with Crippen LogP contribution in [0.2, 0.25) is 8.87 Å². The van der Waals surface area contributed by atoms with E-state index in [1.807, 2.05) is 0 Å². The number of rotatable bonds is 0. The van der Waals surface area contributed by atoms with Gasteiger partial charge in [0.05, 0.1) is 0 Å². The topological polar surface area (TPSA) is 0 Å². The molecule has 0 unspecified atom stereocenters. The van der Waals surface area contributed by atoms with Crippen molar-refractivity contribution in [1.82, 2.24) is 0 Å². The van der Waals surface area contributed by atoms with Gasteiger partial charge in [0, 0.05) is 0 Å². The zero-order chi connectivity index (χ0) is 3.91. The Bertz CT molecular complexity index is 45.6. The molecule has 0 aromatic carbocycles. The van der Waals surface area contributed by atoms with Gasteiger partial charge in [-0.1, -0.05) is 0 Å². The number of hydrogen-bond acceptors (Lipinski definition) is 0. The Labute approximate surface area is 34.6 Å². The zero-order valence-corrected chi connectivity index (χ0v) is 5.52. The van der Waals surface area contributed by atoms with Crippen molar-refractivity contribution in [2.45, 2.75) is 8.87 Å².